The van der Waals surface area contributed by atoms with Crippen LogP contribution < -0.4 is 10.2 Å². The predicted molar refractivity (Wildman–Crippen MR) is 141 cm³/mol. The van der Waals surface area contributed by atoms with Gasteiger partial charge in [0.25, 0.3) is 0 Å². The topological polar surface area (TPSA) is 82.1 Å². The Morgan fingerprint density at radius 3 is 2.78 bits per heavy atom. The van der Waals surface area contributed by atoms with Crippen molar-refractivity contribution in [3.8, 4) is 5.75 Å². The molecule has 7 heteroatoms. The molecule has 0 saturated heterocycles. The third-order valence-corrected chi connectivity index (χ3v) is 10.9. The predicted octanol–water partition coefficient (Wildman–Crippen LogP) is 4.06. The molecule has 199 valence electrons. The van der Waals surface area contributed by atoms with Crippen LogP contribution in [-0.2, 0) is 25.6 Å². The lowest BCUT2D eigenvalue weighted by molar-refractivity contribution is -0.207. The number of carbonyl (C=O) groups is 2. The zero-order valence-corrected chi connectivity index (χ0v) is 22.8. The van der Waals surface area contributed by atoms with E-state index in [2.05, 4.69) is 27.4 Å². The fourth-order valence-electron chi connectivity index (χ4n) is 8.25. The summed E-state index contributed by atoms with van der Waals surface area (Å²) in [7, 11) is 1.71. The van der Waals surface area contributed by atoms with E-state index in [-0.39, 0.29) is 35.6 Å². The number of ketones is 1. The van der Waals surface area contributed by atoms with Crippen molar-refractivity contribution in [1.82, 2.24) is 0 Å². The van der Waals surface area contributed by atoms with Gasteiger partial charge in [-0.2, -0.15) is 0 Å². The number of ether oxygens (including phenoxy) is 2. The lowest BCUT2D eigenvalue weighted by Gasteiger charge is -2.61. The van der Waals surface area contributed by atoms with Crippen molar-refractivity contribution in [1.29, 1.82) is 0 Å². The molecule has 3 fully saturated rings. The van der Waals surface area contributed by atoms with Crippen molar-refractivity contribution >= 4 is 24.7 Å². The van der Waals surface area contributed by atoms with Crippen molar-refractivity contribution in [2.24, 2.45) is 34.0 Å². The number of hydrogen-bond acceptors (Lipinski definition) is 6. The fourth-order valence-corrected chi connectivity index (χ4v) is 8.25. The third-order valence-electron chi connectivity index (χ3n) is 10.9. The summed E-state index contributed by atoms with van der Waals surface area (Å²) in [4.78, 5) is 26.8. The van der Waals surface area contributed by atoms with E-state index in [0.29, 0.717) is 25.2 Å². The number of fused-ring (bicyclic) bond motifs is 1. The summed E-state index contributed by atoms with van der Waals surface area (Å²) in [6.45, 7) is 14.8. The molecule has 6 nitrogen and oxygen atoms in total. The van der Waals surface area contributed by atoms with E-state index in [0.717, 1.165) is 35.9 Å². The van der Waals surface area contributed by atoms with Crippen LogP contribution in [0.5, 0.6) is 5.75 Å². The van der Waals surface area contributed by atoms with Gasteiger partial charge in [0.1, 0.15) is 17.6 Å². The van der Waals surface area contributed by atoms with Crippen LogP contribution >= 0.6 is 0 Å². The zero-order chi connectivity index (χ0) is 26.8. The molecule has 8 atom stereocenters. The van der Waals surface area contributed by atoms with Gasteiger partial charge in [0.05, 0.1) is 12.7 Å². The highest BCUT2D eigenvalue weighted by Gasteiger charge is 2.68. The van der Waals surface area contributed by atoms with E-state index in [4.69, 9.17) is 14.1 Å². The second-order valence-corrected chi connectivity index (χ2v) is 12.6. The first kappa shape index (κ1) is 26.5. The molecule has 0 spiro atoms. The van der Waals surface area contributed by atoms with Gasteiger partial charge in [-0.05, 0) is 78.6 Å². The highest BCUT2D eigenvalue weighted by molar-refractivity contribution is 6.49. The van der Waals surface area contributed by atoms with Crippen LogP contribution in [0.25, 0.3) is 0 Å². The molecule has 0 aromatic heterocycles. The monoisotopic (exact) mass is 507 g/mol. The van der Waals surface area contributed by atoms with Crippen LogP contribution in [0.1, 0.15) is 70.9 Å². The van der Waals surface area contributed by atoms with E-state index in [9.17, 15) is 14.7 Å². The molecule has 2 bridgehead atoms. The molecule has 1 aliphatic heterocycles. The lowest BCUT2D eigenvalue weighted by atomic mass is 9.44. The van der Waals surface area contributed by atoms with Crippen LogP contribution in [0.2, 0.25) is 0 Å². The van der Waals surface area contributed by atoms with Crippen LogP contribution in [0.4, 0.5) is 0 Å². The number of aliphatic hydroxyl groups excluding tert-OH is 1. The summed E-state index contributed by atoms with van der Waals surface area (Å²) in [6.07, 6.45) is 4.17. The van der Waals surface area contributed by atoms with E-state index in [1.165, 1.54) is 0 Å². The maximum Gasteiger partial charge on any atom is 0.344 e. The lowest BCUT2D eigenvalue weighted by Crippen LogP contribution is -2.63. The number of aliphatic hydroxyl groups is 1. The standard InChI is InChI=1S/C30H40BO6/c1-7-28(5)14-24(37-25(33)16-35-20-12-17(2)21-15-36-31-22(21)13-20)29(6)18(3)8-10-30(19(4)27(28)34)11-9-23(32)26(29)30/h7,12-13,18-19,24,26-27,34H,1,8-11,14-16H2,2-6H3/t18-,19+,24-,26+,27+,28-,29+,30+/m1/s1. The molecule has 4 aliphatic rings. The van der Waals surface area contributed by atoms with Crippen molar-refractivity contribution in [3.05, 3.63) is 35.9 Å². The normalized spacial score (nSPS) is 40.6. The minimum absolute atomic E-state index is 0.0532. The SMILES string of the molecule is C=C[C@]1(C)C[C@@H](OC(=O)COc2cc(C)c3c(c2)[B]OC3)[C@]2(C)[C@H](C)CC[C@]3(CCC(=O)[C@H]32)[C@@H](C)[C@@H]1O. The average Bonchev–Trinajstić information content (AvgIpc) is 3.49. The molecule has 0 amide bonds. The summed E-state index contributed by atoms with van der Waals surface area (Å²) in [5, 5.41) is 11.6. The summed E-state index contributed by atoms with van der Waals surface area (Å²) in [5.41, 5.74) is 1.68. The van der Waals surface area contributed by atoms with Gasteiger partial charge >= 0.3 is 13.5 Å². The molecule has 3 saturated carbocycles. The molecule has 1 heterocycles. The van der Waals surface area contributed by atoms with Gasteiger partial charge in [-0.15, -0.1) is 6.58 Å². The summed E-state index contributed by atoms with van der Waals surface area (Å²) in [6, 6.07) is 3.79. The molecule has 5 rings (SSSR count). The Kier molecular flexibility index (Phi) is 6.63. The number of aryl methyl sites for hydroxylation is 1. The largest absolute Gasteiger partial charge is 0.482 e. The quantitative estimate of drug-likeness (QED) is 0.368. The fraction of sp³-hybridized carbons (Fsp3) is 0.667. The van der Waals surface area contributed by atoms with Crippen molar-refractivity contribution in [2.75, 3.05) is 6.61 Å². The Balaban J connectivity index is 1.44. The van der Waals surface area contributed by atoms with Crippen LogP contribution in [-0.4, -0.2) is 43.2 Å². The Morgan fingerprint density at radius 1 is 1.30 bits per heavy atom. The van der Waals surface area contributed by atoms with E-state index in [1.807, 2.05) is 32.1 Å². The molecular formula is C30H40BO6. The van der Waals surface area contributed by atoms with E-state index >= 15 is 0 Å². The molecule has 1 aromatic carbocycles. The molecule has 1 N–H and O–H groups in total. The Hall–Kier alpha value is -2.12. The third kappa shape index (κ3) is 3.99. The smallest absolute Gasteiger partial charge is 0.344 e. The summed E-state index contributed by atoms with van der Waals surface area (Å²) >= 11 is 0. The number of Topliss-reactive ketones (excluding diaryl/α,β-unsaturated/α-hetero) is 1. The first-order chi connectivity index (χ1) is 17.5. The van der Waals surface area contributed by atoms with E-state index < -0.39 is 29.0 Å². The van der Waals surface area contributed by atoms with Crippen LogP contribution in [0.3, 0.4) is 0 Å². The summed E-state index contributed by atoms with van der Waals surface area (Å²) in [5.74, 6) is 0.277. The van der Waals surface area contributed by atoms with Crippen LogP contribution in [0, 0.1) is 40.9 Å². The molecule has 0 unspecified atom stereocenters. The highest BCUT2D eigenvalue weighted by Crippen LogP contribution is 2.68. The van der Waals surface area contributed by atoms with Gasteiger partial charge in [0, 0.05) is 23.2 Å². The Bertz CT molecular complexity index is 1120. The maximum atomic E-state index is 13.5. The van der Waals surface area contributed by atoms with Crippen LogP contribution in [0.15, 0.2) is 24.8 Å². The molecule has 1 radical (unpaired) electrons. The van der Waals surface area contributed by atoms with Gasteiger partial charge in [-0.3, -0.25) is 4.79 Å². The number of rotatable bonds is 5. The first-order valence-electron chi connectivity index (χ1n) is 13.7. The minimum Gasteiger partial charge on any atom is -0.482 e. The summed E-state index contributed by atoms with van der Waals surface area (Å²) < 4.78 is 17.5. The Morgan fingerprint density at radius 2 is 2.05 bits per heavy atom. The second kappa shape index (κ2) is 9.27. The van der Waals surface area contributed by atoms with Crippen molar-refractivity contribution in [3.63, 3.8) is 0 Å². The number of carbonyl (C=O) groups excluding carboxylic acids is 2. The van der Waals surface area contributed by atoms with Crippen molar-refractivity contribution < 1.29 is 28.8 Å². The highest BCUT2D eigenvalue weighted by atomic mass is 16.6. The average molecular weight is 507 g/mol. The molecule has 1 aromatic rings. The van der Waals surface area contributed by atoms with Gasteiger partial charge in [0.15, 0.2) is 6.61 Å². The van der Waals surface area contributed by atoms with Crippen molar-refractivity contribution in [2.45, 2.75) is 85.5 Å². The number of esters is 1. The maximum absolute atomic E-state index is 13.5. The first-order valence-corrected chi connectivity index (χ1v) is 13.7. The minimum atomic E-state index is -0.679. The number of benzene rings is 1. The second-order valence-electron chi connectivity index (χ2n) is 12.6. The molecular weight excluding hydrogens is 467 g/mol. The van der Waals surface area contributed by atoms with E-state index in [1.54, 1.807) is 7.48 Å². The number of hydrogen-bond donors (Lipinski definition) is 1. The van der Waals surface area contributed by atoms with Gasteiger partial charge in [-0.1, -0.05) is 33.8 Å². The van der Waals surface area contributed by atoms with Gasteiger partial charge in [0.2, 0.25) is 0 Å². The zero-order valence-electron chi connectivity index (χ0n) is 22.8. The Labute approximate surface area is 221 Å². The van der Waals surface area contributed by atoms with Gasteiger partial charge < -0.3 is 19.2 Å². The molecule has 3 aliphatic carbocycles. The molecule has 37 heavy (non-hydrogen) atoms. The van der Waals surface area contributed by atoms with Gasteiger partial charge in [-0.25, -0.2) is 4.79 Å².